The Kier molecular flexibility index (Phi) is 5.41. The fourth-order valence-corrected chi connectivity index (χ4v) is 3.58. The highest BCUT2D eigenvalue weighted by Gasteiger charge is 2.46. The number of guanidine groups is 1. The predicted octanol–water partition coefficient (Wildman–Crippen LogP) is 3.54. The van der Waals surface area contributed by atoms with Crippen LogP contribution >= 0.6 is 11.3 Å². The molecule has 24 heavy (non-hydrogen) atoms. The second-order valence-corrected chi connectivity index (χ2v) is 6.94. The third-order valence-electron chi connectivity index (χ3n) is 4.47. The minimum Gasteiger partial charge on any atom is -0.496 e. The van der Waals surface area contributed by atoms with Gasteiger partial charge in [-0.1, -0.05) is 18.2 Å². The zero-order valence-corrected chi connectivity index (χ0v) is 15.2. The molecule has 1 fully saturated rings. The monoisotopic (exact) mass is 343 g/mol. The highest BCUT2D eigenvalue weighted by Crippen LogP contribution is 2.50. The van der Waals surface area contributed by atoms with Crippen LogP contribution in [0.4, 0.5) is 0 Å². The zero-order valence-electron chi connectivity index (χ0n) is 14.3. The lowest BCUT2D eigenvalue weighted by Gasteiger charge is -2.21. The maximum atomic E-state index is 5.55. The first-order chi connectivity index (χ1) is 11.8. The summed E-state index contributed by atoms with van der Waals surface area (Å²) in [7, 11) is 1.74. The molecule has 128 valence electrons. The van der Waals surface area contributed by atoms with Gasteiger partial charge < -0.3 is 15.4 Å². The molecule has 0 unspecified atom stereocenters. The van der Waals surface area contributed by atoms with E-state index in [1.807, 2.05) is 12.1 Å². The van der Waals surface area contributed by atoms with E-state index in [4.69, 9.17) is 9.73 Å². The summed E-state index contributed by atoms with van der Waals surface area (Å²) in [5, 5.41) is 11.1. The summed E-state index contributed by atoms with van der Waals surface area (Å²) in [5.41, 5.74) is 2.72. The van der Waals surface area contributed by atoms with E-state index in [0.29, 0.717) is 6.54 Å². The molecular weight excluding hydrogens is 318 g/mol. The van der Waals surface area contributed by atoms with Gasteiger partial charge in [0.25, 0.3) is 0 Å². The number of aliphatic imine (C=N–C) groups is 1. The molecule has 1 aromatic heterocycles. The van der Waals surface area contributed by atoms with E-state index in [-0.39, 0.29) is 5.41 Å². The molecule has 0 saturated heterocycles. The van der Waals surface area contributed by atoms with Crippen molar-refractivity contribution in [3.63, 3.8) is 0 Å². The first kappa shape index (κ1) is 16.8. The van der Waals surface area contributed by atoms with E-state index >= 15 is 0 Å². The molecule has 2 N–H and O–H groups in total. The van der Waals surface area contributed by atoms with Crippen molar-refractivity contribution in [1.82, 2.24) is 10.6 Å². The van der Waals surface area contributed by atoms with Crippen LogP contribution in [-0.2, 0) is 12.0 Å². The molecule has 0 spiro atoms. The first-order valence-corrected chi connectivity index (χ1v) is 9.38. The Bertz CT molecular complexity index is 678. The number of nitrogens with one attached hydrogen (secondary N) is 2. The number of ether oxygens (including phenoxy) is 1. The largest absolute Gasteiger partial charge is 0.496 e. The molecule has 1 aliphatic carbocycles. The zero-order chi connectivity index (χ0) is 16.8. The third-order valence-corrected chi connectivity index (χ3v) is 5.20. The average Bonchev–Trinajstić information content (AvgIpc) is 3.23. The maximum absolute atomic E-state index is 5.55. The van der Waals surface area contributed by atoms with Crippen LogP contribution in [0.25, 0.3) is 0 Å². The average molecular weight is 343 g/mol. The SMILES string of the molecule is CCNC(=NCc1ccsc1)NCC1(c2ccccc2OC)CC1. The number of benzene rings is 1. The molecule has 0 atom stereocenters. The van der Waals surface area contributed by atoms with Crippen LogP contribution in [0.2, 0.25) is 0 Å². The van der Waals surface area contributed by atoms with E-state index in [0.717, 1.165) is 24.8 Å². The van der Waals surface area contributed by atoms with Gasteiger partial charge in [-0.25, -0.2) is 4.99 Å². The minimum atomic E-state index is 0.172. The van der Waals surface area contributed by atoms with Gasteiger partial charge in [0.15, 0.2) is 5.96 Å². The van der Waals surface area contributed by atoms with Crippen LogP contribution in [0.15, 0.2) is 46.1 Å². The molecule has 0 bridgehead atoms. The molecule has 5 heteroatoms. The second-order valence-electron chi connectivity index (χ2n) is 6.16. The Morgan fingerprint density at radius 1 is 1.25 bits per heavy atom. The first-order valence-electron chi connectivity index (χ1n) is 8.44. The Morgan fingerprint density at radius 2 is 2.08 bits per heavy atom. The third kappa shape index (κ3) is 3.90. The van der Waals surface area contributed by atoms with Crippen molar-refractivity contribution in [3.8, 4) is 5.75 Å². The van der Waals surface area contributed by atoms with E-state index < -0.39 is 0 Å². The number of methoxy groups -OCH3 is 1. The summed E-state index contributed by atoms with van der Waals surface area (Å²) in [6.07, 6.45) is 2.37. The second kappa shape index (κ2) is 7.71. The smallest absolute Gasteiger partial charge is 0.191 e. The van der Waals surface area contributed by atoms with Crippen molar-refractivity contribution >= 4 is 17.3 Å². The topological polar surface area (TPSA) is 45.7 Å². The van der Waals surface area contributed by atoms with Crippen LogP contribution in [0.5, 0.6) is 5.75 Å². The van der Waals surface area contributed by atoms with Crippen molar-refractivity contribution in [1.29, 1.82) is 0 Å². The number of hydrogen-bond donors (Lipinski definition) is 2. The van der Waals surface area contributed by atoms with Gasteiger partial charge in [0.05, 0.1) is 13.7 Å². The van der Waals surface area contributed by atoms with Gasteiger partial charge in [0.2, 0.25) is 0 Å². The van der Waals surface area contributed by atoms with E-state index in [1.165, 1.54) is 24.0 Å². The normalized spacial score (nSPS) is 15.8. The fraction of sp³-hybridized carbons (Fsp3) is 0.421. The number of para-hydroxylation sites is 1. The number of hydrogen-bond acceptors (Lipinski definition) is 3. The van der Waals surface area contributed by atoms with Gasteiger partial charge in [-0.3, -0.25) is 0 Å². The van der Waals surface area contributed by atoms with Crippen molar-refractivity contribution in [2.24, 2.45) is 4.99 Å². The van der Waals surface area contributed by atoms with Crippen LogP contribution in [0.3, 0.4) is 0 Å². The molecule has 3 rings (SSSR count). The Hall–Kier alpha value is -2.01. The fourth-order valence-electron chi connectivity index (χ4n) is 2.92. The molecule has 1 aliphatic rings. The highest BCUT2D eigenvalue weighted by molar-refractivity contribution is 7.07. The molecular formula is C19H25N3OS. The van der Waals surface area contributed by atoms with Crippen molar-refractivity contribution in [2.45, 2.75) is 31.7 Å². The van der Waals surface area contributed by atoms with Gasteiger partial charge in [-0.15, -0.1) is 0 Å². The molecule has 1 heterocycles. The lowest BCUT2D eigenvalue weighted by Crippen LogP contribution is -2.41. The quantitative estimate of drug-likeness (QED) is 0.597. The van der Waals surface area contributed by atoms with Crippen LogP contribution in [0, 0.1) is 0 Å². The highest BCUT2D eigenvalue weighted by atomic mass is 32.1. The van der Waals surface area contributed by atoms with E-state index in [9.17, 15) is 0 Å². The Balaban J connectivity index is 1.66. The summed E-state index contributed by atoms with van der Waals surface area (Å²) in [5.74, 6) is 1.86. The lowest BCUT2D eigenvalue weighted by atomic mass is 9.95. The molecule has 0 amide bonds. The molecule has 1 aromatic carbocycles. The van der Waals surface area contributed by atoms with Crippen molar-refractivity contribution in [2.75, 3.05) is 20.2 Å². The summed E-state index contributed by atoms with van der Waals surface area (Å²) in [6.45, 7) is 4.54. The van der Waals surface area contributed by atoms with Crippen LogP contribution in [0.1, 0.15) is 30.9 Å². The predicted molar refractivity (Wildman–Crippen MR) is 101 cm³/mol. The number of rotatable bonds is 7. The van der Waals surface area contributed by atoms with Gasteiger partial charge in [0.1, 0.15) is 5.75 Å². The summed E-state index contributed by atoms with van der Waals surface area (Å²) < 4.78 is 5.55. The van der Waals surface area contributed by atoms with Gasteiger partial charge in [-0.2, -0.15) is 11.3 Å². The number of nitrogens with zero attached hydrogens (tertiary/aromatic N) is 1. The summed E-state index contributed by atoms with van der Waals surface area (Å²) >= 11 is 1.71. The molecule has 0 aliphatic heterocycles. The molecule has 0 radical (unpaired) electrons. The standard InChI is InChI=1S/C19H25N3OS/c1-3-20-18(21-12-15-8-11-24-13-15)22-14-19(9-10-19)16-6-4-5-7-17(16)23-2/h4-8,11,13H,3,9-10,12,14H2,1-2H3,(H2,20,21,22). The van der Waals surface area contributed by atoms with Crippen LogP contribution < -0.4 is 15.4 Å². The summed E-state index contributed by atoms with van der Waals surface area (Å²) in [6, 6.07) is 10.5. The lowest BCUT2D eigenvalue weighted by molar-refractivity contribution is 0.403. The van der Waals surface area contributed by atoms with E-state index in [1.54, 1.807) is 18.4 Å². The molecule has 2 aromatic rings. The van der Waals surface area contributed by atoms with Crippen LogP contribution in [-0.4, -0.2) is 26.2 Å². The van der Waals surface area contributed by atoms with Crippen molar-refractivity contribution in [3.05, 3.63) is 52.2 Å². The summed E-state index contributed by atoms with van der Waals surface area (Å²) in [4.78, 5) is 4.69. The number of thiophene rings is 1. The maximum Gasteiger partial charge on any atom is 0.191 e. The minimum absolute atomic E-state index is 0.172. The van der Waals surface area contributed by atoms with Gasteiger partial charge >= 0.3 is 0 Å². The van der Waals surface area contributed by atoms with Crippen molar-refractivity contribution < 1.29 is 4.74 Å². The molecule has 4 nitrogen and oxygen atoms in total. The van der Waals surface area contributed by atoms with Gasteiger partial charge in [-0.05, 0) is 48.2 Å². The van der Waals surface area contributed by atoms with Gasteiger partial charge in [0, 0.05) is 24.1 Å². The Morgan fingerprint density at radius 3 is 2.75 bits per heavy atom. The van der Waals surface area contributed by atoms with E-state index in [2.05, 4.69) is 46.5 Å². The Labute approximate surface area is 148 Å². The molecule has 1 saturated carbocycles.